The van der Waals surface area contributed by atoms with E-state index in [4.69, 9.17) is 0 Å². The van der Waals surface area contributed by atoms with Gasteiger partial charge in [-0.25, -0.2) is 4.79 Å². The molecule has 2 fully saturated rings. The minimum Gasteiger partial charge on any atom is -0.453 e. The zero-order chi connectivity index (χ0) is 18.1. The Balaban J connectivity index is 1.27. The lowest BCUT2D eigenvalue weighted by Crippen LogP contribution is -2.51. The standard InChI is InChI=1S/C21H26N2O3/c1-26-21(25)22-19-12-18(13-19)20(24)23-9-7-15(8-10-23)17-6-5-14-3-2-4-16(14)11-17/h2,4-6,11,15,18-19H,3,7-10,12-13H2,1H3,(H,22,25). The van der Waals surface area contributed by atoms with Crippen molar-refractivity contribution in [3.05, 3.63) is 41.0 Å². The maximum atomic E-state index is 12.7. The maximum absolute atomic E-state index is 12.7. The van der Waals surface area contributed by atoms with Crippen molar-refractivity contribution in [1.29, 1.82) is 0 Å². The average molecular weight is 354 g/mol. The summed E-state index contributed by atoms with van der Waals surface area (Å²) < 4.78 is 4.60. The first-order valence-electron chi connectivity index (χ1n) is 9.56. The van der Waals surface area contributed by atoms with Crippen molar-refractivity contribution in [2.75, 3.05) is 20.2 Å². The van der Waals surface area contributed by atoms with E-state index in [0.29, 0.717) is 5.92 Å². The molecule has 0 bridgehead atoms. The summed E-state index contributed by atoms with van der Waals surface area (Å²) in [6.45, 7) is 1.67. The third-order valence-corrected chi connectivity index (χ3v) is 6.08. The number of carbonyl (C=O) groups is 2. The number of piperidine rings is 1. The molecule has 1 aromatic carbocycles. The molecule has 2 amide bonds. The van der Waals surface area contributed by atoms with E-state index in [1.807, 2.05) is 4.90 Å². The van der Waals surface area contributed by atoms with Crippen LogP contribution < -0.4 is 5.32 Å². The number of alkyl carbamates (subject to hydrolysis) is 1. The molecule has 3 aliphatic rings. The molecule has 1 saturated carbocycles. The summed E-state index contributed by atoms with van der Waals surface area (Å²) in [5.74, 6) is 0.857. The van der Waals surface area contributed by atoms with Crippen molar-refractivity contribution in [2.24, 2.45) is 5.92 Å². The number of nitrogens with zero attached hydrogens (tertiary/aromatic N) is 1. The highest BCUT2D eigenvalue weighted by atomic mass is 16.5. The highest BCUT2D eigenvalue weighted by Crippen LogP contribution is 2.34. The zero-order valence-corrected chi connectivity index (χ0v) is 15.2. The highest BCUT2D eigenvalue weighted by Gasteiger charge is 2.38. The van der Waals surface area contributed by atoms with Gasteiger partial charge in [-0.05, 0) is 54.7 Å². The van der Waals surface area contributed by atoms with Gasteiger partial charge in [-0.1, -0.05) is 30.4 Å². The van der Waals surface area contributed by atoms with Crippen LogP contribution in [0.5, 0.6) is 0 Å². The molecule has 1 N–H and O–H groups in total. The smallest absolute Gasteiger partial charge is 0.407 e. The summed E-state index contributed by atoms with van der Waals surface area (Å²) in [6, 6.07) is 6.93. The van der Waals surface area contributed by atoms with Crippen molar-refractivity contribution in [3.8, 4) is 0 Å². The second-order valence-corrected chi connectivity index (χ2v) is 7.67. The normalized spacial score (nSPS) is 24.7. The minimum absolute atomic E-state index is 0.0545. The van der Waals surface area contributed by atoms with E-state index in [2.05, 4.69) is 40.4 Å². The predicted octanol–water partition coefficient (Wildman–Crippen LogP) is 3.10. The Morgan fingerprint density at radius 3 is 2.69 bits per heavy atom. The molecule has 4 rings (SSSR count). The van der Waals surface area contributed by atoms with Gasteiger partial charge in [0.1, 0.15) is 0 Å². The second kappa shape index (κ2) is 7.14. The fraction of sp³-hybridized carbons (Fsp3) is 0.524. The molecule has 0 radical (unpaired) electrons. The van der Waals surface area contributed by atoms with Crippen LogP contribution in [0.15, 0.2) is 24.3 Å². The molecule has 0 aromatic heterocycles. The fourth-order valence-electron chi connectivity index (χ4n) is 4.38. The van der Waals surface area contributed by atoms with Crippen molar-refractivity contribution in [3.63, 3.8) is 0 Å². The van der Waals surface area contributed by atoms with Gasteiger partial charge in [0.25, 0.3) is 0 Å². The molecule has 26 heavy (non-hydrogen) atoms. The largest absolute Gasteiger partial charge is 0.453 e. The number of fused-ring (bicyclic) bond motifs is 1. The van der Waals surface area contributed by atoms with Crippen LogP contribution in [0.4, 0.5) is 4.79 Å². The first-order valence-corrected chi connectivity index (χ1v) is 9.56. The average Bonchev–Trinajstić information content (AvgIpc) is 3.11. The molecule has 5 nitrogen and oxygen atoms in total. The Kier molecular flexibility index (Phi) is 4.70. The number of allylic oxidation sites excluding steroid dienone is 1. The summed E-state index contributed by atoms with van der Waals surface area (Å²) in [5, 5.41) is 2.77. The molecule has 5 heteroatoms. The molecule has 0 unspecified atom stereocenters. The van der Waals surface area contributed by atoms with Gasteiger partial charge in [-0.3, -0.25) is 4.79 Å². The predicted molar refractivity (Wildman–Crippen MR) is 99.8 cm³/mol. The van der Waals surface area contributed by atoms with E-state index in [-0.39, 0.29) is 17.9 Å². The van der Waals surface area contributed by atoms with Gasteiger partial charge in [-0.2, -0.15) is 0 Å². The number of ether oxygens (including phenoxy) is 1. The quantitative estimate of drug-likeness (QED) is 0.907. The first kappa shape index (κ1) is 17.1. The van der Waals surface area contributed by atoms with Crippen molar-refractivity contribution >= 4 is 18.1 Å². The lowest BCUT2D eigenvalue weighted by Gasteiger charge is -2.40. The Morgan fingerprint density at radius 1 is 1.19 bits per heavy atom. The summed E-state index contributed by atoms with van der Waals surface area (Å²) in [5.41, 5.74) is 4.19. The number of hydrogen-bond acceptors (Lipinski definition) is 3. The van der Waals surface area contributed by atoms with E-state index >= 15 is 0 Å². The van der Waals surface area contributed by atoms with Gasteiger partial charge in [0.2, 0.25) is 5.91 Å². The second-order valence-electron chi connectivity index (χ2n) is 7.67. The third-order valence-electron chi connectivity index (χ3n) is 6.08. The van der Waals surface area contributed by atoms with Crippen LogP contribution in [0.2, 0.25) is 0 Å². The Morgan fingerprint density at radius 2 is 1.96 bits per heavy atom. The van der Waals surface area contributed by atoms with Gasteiger partial charge in [0.15, 0.2) is 0 Å². The monoisotopic (exact) mass is 354 g/mol. The summed E-state index contributed by atoms with van der Waals surface area (Å²) in [4.78, 5) is 25.9. The van der Waals surface area contributed by atoms with Crippen molar-refractivity contribution in [1.82, 2.24) is 10.2 Å². The topological polar surface area (TPSA) is 58.6 Å². The Hall–Kier alpha value is -2.30. The van der Waals surface area contributed by atoms with E-state index in [1.54, 1.807) is 0 Å². The van der Waals surface area contributed by atoms with Gasteiger partial charge in [0.05, 0.1) is 7.11 Å². The van der Waals surface area contributed by atoms with Crippen molar-refractivity contribution < 1.29 is 14.3 Å². The number of nitrogens with one attached hydrogen (secondary N) is 1. The minimum atomic E-state index is -0.411. The van der Waals surface area contributed by atoms with Gasteiger partial charge < -0.3 is 15.0 Å². The molecular weight excluding hydrogens is 328 g/mol. The number of hydrogen-bond donors (Lipinski definition) is 1. The number of amides is 2. The van der Waals surface area contributed by atoms with E-state index < -0.39 is 6.09 Å². The number of methoxy groups -OCH3 is 1. The van der Waals surface area contributed by atoms with E-state index in [0.717, 1.165) is 45.2 Å². The molecular formula is C21H26N2O3. The first-order chi connectivity index (χ1) is 12.6. The van der Waals surface area contributed by atoms with Crippen molar-refractivity contribution in [2.45, 2.75) is 44.1 Å². The molecule has 0 spiro atoms. The Labute approximate surface area is 154 Å². The summed E-state index contributed by atoms with van der Waals surface area (Å²) in [7, 11) is 1.36. The van der Waals surface area contributed by atoms with Crippen LogP contribution in [0.3, 0.4) is 0 Å². The molecule has 1 aliphatic heterocycles. The van der Waals surface area contributed by atoms with E-state index in [9.17, 15) is 9.59 Å². The van der Waals surface area contributed by atoms with Crippen LogP contribution in [0.25, 0.3) is 6.08 Å². The van der Waals surface area contributed by atoms with Crippen LogP contribution in [-0.2, 0) is 16.0 Å². The summed E-state index contributed by atoms with van der Waals surface area (Å²) >= 11 is 0. The van der Waals surface area contributed by atoms with Crippen LogP contribution in [0.1, 0.15) is 48.3 Å². The zero-order valence-electron chi connectivity index (χ0n) is 15.2. The van der Waals surface area contributed by atoms with E-state index in [1.165, 1.54) is 23.8 Å². The van der Waals surface area contributed by atoms with Crippen LogP contribution in [-0.4, -0.2) is 43.1 Å². The van der Waals surface area contributed by atoms with Crippen LogP contribution >= 0.6 is 0 Å². The molecule has 138 valence electrons. The fourth-order valence-corrected chi connectivity index (χ4v) is 4.38. The number of rotatable bonds is 3. The number of likely N-dealkylation sites (tertiary alicyclic amines) is 1. The molecule has 1 saturated heterocycles. The van der Waals surface area contributed by atoms with Gasteiger partial charge in [0, 0.05) is 25.0 Å². The lowest BCUT2D eigenvalue weighted by molar-refractivity contribution is -0.140. The third kappa shape index (κ3) is 3.35. The van der Waals surface area contributed by atoms with Gasteiger partial charge >= 0.3 is 6.09 Å². The lowest BCUT2D eigenvalue weighted by atomic mass is 9.78. The molecule has 2 aliphatic carbocycles. The highest BCUT2D eigenvalue weighted by molar-refractivity contribution is 5.80. The molecule has 0 atom stereocenters. The summed E-state index contributed by atoms with van der Waals surface area (Å²) in [6.07, 6.45) is 8.59. The molecule has 1 aromatic rings. The Bertz CT molecular complexity index is 729. The van der Waals surface area contributed by atoms with Gasteiger partial charge in [-0.15, -0.1) is 0 Å². The number of benzene rings is 1. The van der Waals surface area contributed by atoms with Crippen LogP contribution in [0, 0.1) is 5.92 Å². The molecule has 1 heterocycles. The SMILES string of the molecule is COC(=O)NC1CC(C(=O)N2CCC(c3ccc4c(c3)C=CC4)CC2)C1. The number of carbonyl (C=O) groups excluding carboxylic acids is 2. The maximum Gasteiger partial charge on any atom is 0.407 e.